The molecule has 4 heterocycles. The molecule has 230 valence electrons. The van der Waals surface area contributed by atoms with Gasteiger partial charge in [-0.2, -0.15) is 5.26 Å². The smallest absolute Gasteiger partial charge is 0.255 e. The standard InChI is InChI=1S/C34H38ClN5O4/c35-27-11-2-1-10-26(27)34(22-36)15-19-39(20-16-34)33(44)29-12-3-4-17-38(29)18-6-8-23-7-5-9-24-25(23)21-40(32(24)43)28-13-14-30(41)37-31(28)42/h1-2,5,7,9-11,28-29H,3-4,6,8,12-21H2,(H,37,41,42). The van der Waals surface area contributed by atoms with Gasteiger partial charge in [0.1, 0.15) is 6.04 Å². The van der Waals surface area contributed by atoms with Crippen LogP contribution in [-0.4, -0.2) is 76.6 Å². The van der Waals surface area contributed by atoms with E-state index in [1.807, 2.05) is 47.4 Å². The van der Waals surface area contributed by atoms with Gasteiger partial charge in [0.15, 0.2) is 0 Å². The van der Waals surface area contributed by atoms with Crippen LogP contribution in [0.15, 0.2) is 42.5 Å². The Morgan fingerprint density at radius 2 is 1.82 bits per heavy atom. The Kier molecular flexibility index (Phi) is 8.75. The third kappa shape index (κ3) is 5.73. The second-order valence-corrected chi connectivity index (χ2v) is 12.9. The van der Waals surface area contributed by atoms with E-state index in [0.29, 0.717) is 49.5 Å². The van der Waals surface area contributed by atoms with Crippen molar-refractivity contribution in [1.29, 1.82) is 5.26 Å². The first-order valence-electron chi connectivity index (χ1n) is 15.8. The SMILES string of the molecule is N#CC1(c2ccccc2Cl)CCN(C(=O)C2CCCCN2CCCc2cccc3c2CN(C2CCC(=O)NC2=O)C3=O)CC1. The summed E-state index contributed by atoms with van der Waals surface area (Å²) >= 11 is 6.47. The predicted octanol–water partition coefficient (Wildman–Crippen LogP) is 3.97. The second-order valence-electron chi connectivity index (χ2n) is 12.5. The zero-order chi connectivity index (χ0) is 30.8. The summed E-state index contributed by atoms with van der Waals surface area (Å²) in [5.74, 6) is -0.699. The van der Waals surface area contributed by atoms with E-state index >= 15 is 0 Å². The average molecular weight is 616 g/mol. The van der Waals surface area contributed by atoms with Crippen molar-refractivity contribution in [2.24, 2.45) is 0 Å². The fourth-order valence-electron chi connectivity index (χ4n) is 7.51. The summed E-state index contributed by atoms with van der Waals surface area (Å²) in [6.45, 7) is 3.10. The van der Waals surface area contributed by atoms with Gasteiger partial charge in [0.2, 0.25) is 17.7 Å². The fourth-order valence-corrected chi connectivity index (χ4v) is 7.82. The number of hydrogen-bond donors (Lipinski definition) is 1. The van der Waals surface area contributed by atoms with Crippen LogP contribution in [0.5, 0.6) is 0 Å². The van der Waals surface area contributed by atoms with Gasteiger partial charge < -0.3 is 9.80 Å². The van der Waals surface area contributed by atoms with Crippen LogP contribution in [0, 0.1) is 11.3 Å². The highest BCUT2D eigenvalue weighted by atomic mass is 35.5. The lowest BCUT2D eigenvalue weighted by atomic mass is 9.74. The monoisotopic (exact) mass is 615 g/mol. The molecule has 10 heteroatoms. The molecule has 6 rings (SSSR count). The Bertz CT molecular complexity index is 1510. The number of nitrogens with zero attached hydrogens (tertiary/aromatic N) is 4. The summed E-state index contributed by atoms with van der Waals surface area (Å²) in [6.07, 6.45) is 6.24. The van der Waals surface area contributed by atoms with Crippen molar-refractivity contribution in [3.63, 3.8) is 0 Å². The van der Waals surface area contributed by atoms with E-state index in [2.05, 4.69) is 16.3 Å². The molecule has 0 aromatic heterocycles. The van der Waals surface area contributed by atoms with Crippen LogP contribution in [0.3, 0.4) is 0 Å². The minimum absolute atomic E-state index is 0.154. The van der Waals surface area contributed by atoms with Gasteiger partial charge in [-0.15, -0.1) is 0 Å². The van der Waals surface area contributed by atoms with Crippen LogP contribution in [0.2, 0.25) is 5.02 Å². The van der Waals surface area contributed by atoms with Gasteiger partial charge in [0.25, 0.3) is 5.91 Å². The molecule has 4 aliphatic rings. The number of rotatable bonds is 7. The Hall–Kier alpha value is -3.74. The van der Waals surface area contributed by atoms with Gasteiger partial charge in [-0.3, -0.25) is 29.4 Å². The molecule has 1 N–H and O–H groups in total. The molecule has 4 amide bonds. The summed E-state index contributed by atoms with van der Waals surface area (Å²) < 4.78 is 0. The maximum atomic E-state index is 13.8. The fraction of sp³-hybridized carbons (Fsp3) is 0.500. The summed E-state index contributed by atoms with van der Waals surface area (Å²) in [5.41, 5.74) is 2.86. The molecule has 0 bridgehead atoms. The maximum absolute atomic E-state index is 13.8. The van der Waals surface area contributed by atoms with E-state index in [0.717, 1.165) is 61.9 Å². The topological polar surface area (TPSA) is 114 Å². The van der Waals surface area contributed by atoms with E-state index in [1.54, 1.807) is 4.90 Å². The van der Waals surface area contributed by atoms with Crippen molar-refractivity contribution < 1.29 is 19.2 Å². The Morgan fingerprint density at radius 1 is 1.02 bits per heavy atom. The molecule has 9 nitrogen and oxygen atoms in total. The molecule has 0 aliphatic carbocycles. The summed E-state index contributed by atoms with van der Waals surface area (Å²) in [7, 11) is 0. The van der Waals surface area contributed by atoms with Crippen molar-refractivity contribution in [3.8, 4) is 6.07 Å². The average Bonchev–Trinajstić information content (AvgIpc) is 3.38. The van der Waals surface area contributed by atoms with Gasteiger partial charge in [-0.05, 0) is 86.9 Å². The van der Waals surface area contributed by atoms with E-state index in [1.165, 1.54) is 0 Å². The number of nitrogens with one attached hydrogen (secondary N) is 1. The Balaban J connectivity index is 1.07. The lowest BCUT2D eigenvalue weighted by molar-refractivity contribution is -0.140. The minimum Gasteiger partial charge on any atom is -0.341 e. The van der Waals surface area contributed by atoms with Gasteiger partial charge in [-0.1, -0.05) is 48.4 Å². The summed E-state index contributed by atoms with van der Waals surface area (Å²) in [4.78, 5) is 56.9. The third-order valence-corrected chi connectivity index (χ3v) is 10.3. The molecule has 4 aliphatic heterocycles. The molecule has 2 aromatic carbocycles. The molecule has 3 fully saturated rings. The zero-order valence-corrected chi connectivity index (χ0v) is 25.7. The van der Waals surface area contributed by atoms with Crippen molar-refractivity contribution in [2.75, 3.05) is 26.2 Å². The highest BCUT2D eigenvalue weighted by Crippen LogP contribution is 2.39. The maximum Gasteiger partial charge on any atom is 0.255 e. The number of nitriles is 1. The number of fused-ring (bicyclic) bond motifs is 1. The van der Waals surface area contributed by atoms with E-state index in [-0.39, 0.29) is 30.2 Å². The Morgan fingerprint density at radius 3 is 2.57 bits per heavy atom. The molecule has 2 unspecified atom stereocenters. The first-order valence-corrected chi connectivity index (χ1v) is 16.1. The van der Waals surface area contributed by atoms with Gasteiger partial charge in [-0.25, -0.2) is 0 Å². The number of carbonyl (C=O) groups is 4. The van der Waals surface area contributed by atoms with Gasteiger partial charge >= 0.3 is 0 Å². The van der Waals surface area contributed by atoms with Crippen LogP contribution in [0.1, 0.15) is 78.4 Å². The first-order chi connectivity index (χ1) is 21.3. The molecule has 0 saturated carbocycles. The van der Waals surface area contributed by atoms with Crippen molar-refractivity contribution in [1.82, 2.24) is 20.0 Å². The van der Waals surface area contributed by atoms with Crippen LogP contribution in [-0.2, 0) is 32.8 Å². The molecule has 44 heavy (non-hydrogen) atoms. The van der Waals surface area contributed by atoms with Gasteiger partial charge in [0.05, 0.1) is 17.5 Å². The summed E-state index contributed by atoms with van der Waals surface area (Å²) in [6, 6.07) is 15.0. The Labute approximate surface area is 263 Å². The lowest BCUT2D eigenvalue weighted by Crippen LogP contribution is -2.54. The number of carbonyl (C=O) groups excluding carboxylic acids is 4. The molecule has 3 saturated heterocycles. The highest BCUT2D eigenvalue weighted by Gasteiger charge is 2.42. The molecule has 2 atom stereocenters. The highest BCUT2D eigenvalue weighted by molar-refractivity contribution is 6.31. The quantitative estimate of drug-likeness (QED) is 0.472. The van der Waals surface area contributed by atoms with Crippen LogP contribution in [0.4, 0.5) is 0 Å². The van der Waals surface area contributed by atoms with Crippen molar-refractivity contribution in [3.05, 3.63) is 69.7 Å². The molecular formula is C34H38ClN5O4. The minimum atomic E-state index is -0.674. The number of hydrogen-bond acceptors (Lipinski definition) is 6. The number of benzene rings is 2. The van der Waals surface area contributed by atoms with Gasteiger partial charge in [0, 0.05) is 36.6 Å². The number of amides is 4. The van der Waals surface area contributed by atoms with E-state index in [9.17, 15) is 24.4 Å². The van der Waals surface area contributed by atoms with Crippen molar-refractivity contribution >= 4 is 35.2 Å². The van der Waals surface area contributed by atoms with E-state index < -0.39 is 17.4 Å². The van der Waals surface area contributed by atoms with Crippen LogP contribution < -0.4 is 5.32 Å². The third-order valence-electron chi connectivity index (χ3n) is 10.0. The molecular weight excluding hydrogens is 578 g/mol. The first kappa shape index (κ1) is 30.3. The number of piperidine rings is 3. The predicted molar refractivity (Wildman–Crippen MR) is 165 cm³/mol. The molecule has 0 spiro atoms. The van der Waals surface area contributed by atoms with Crippen LogP contribution in [0.25, 0.3) is 0 Å². The molecule has 0 radical (unpaired) electrons. The number of aryl methyl sites for hydroxylation is 1. The summed E-state index contributed by atoms with van der Waals surface area (Å²) in [5, 5.41) is 13.1. The largest absolute Gasteiger partial charge is 0.341 e. The molecule has 2 aromatic rings. The number of imide groups is 1. The second kappa shape index (κ2) is 12.7. The number of likely N-dealkylation sites (tertiary alicyclic amines) is 2. The zero-order valence-electron chi connectivity index (χ0n) is 24.9. The van der Waals surface area contributed by atoms with E-state index in [4.69, 9.17) is 11.6 Å². The van der Waals surface area contributed by atoms with Crippen molar-refractivity contribution in [2.45, 2.75) is 81.8 Å². The lowest BCUT2D eigenvalue weighted by Gasteiger charge is -2.42. The normalized spacial score (nSPS) is 23.7. The van der Waals surface area contributed by atoms with Crippen LogP contribution >= 0.6 is 11.6 Å². The number of halogens is 1.